The SMILES string of the molecule is CCC(CC)C(=O)/C=C(\O)C(CC)CC.Cc1c(CC(C)(C)C)ccc2c1oc1c2cc[c-][n+]1-c1[c-]c2ccccc2c(C(C)(C)C)c1.[Ir]. The molecule has 2 heterocycles. The van der Waals surface area contributed by atoms with Crippen LogP contribution in [0.25, 0.3) is 38.5 Å². The smallest absolute Gasteiger partial charge is 0.294 e. The molecule has 1 N–H and O–H groups in total. The Labute approximate surface area is 308 Å². The van der Waals surface area contributed by atoms with Gasteiger partial charge >= 0.3 is 0 Å². The topological polar surface area (TPSA) is 54.3 Å². The van der Waals surface area contributed by atoms with Crippen LogP contribution >= 0.6 is 0 Å². The molecule has 0 unspecified atom stereocenters. The largest absolute Gasteiger partial charge is 0.512 e. The van der Waals surface area contributed by atoms with Crippen molar-refractivity contribution < 1.29 is 39.0 Å². The summed E-state index contributed by atoms with van der Waals surface area (Å²) in [6.45, 7) is 23.9. The Morgan fingerprint density at radius 2 is 1.51 bits per heavy atom. The Kier molecular flexibility index (Phi) is 13.6. The third-order valence-corrected chi connectivity index (χ3v) is 9.51. The van der Waals surface area contributed by atoms with E-state index in [-0.39, 0.29) is 54.3 Å². The second-order valence-electron chi connectivity index (χ2n) is 15.4. The number of rotatable bonds is 9. The van der Waals surface area contributed by atoms with Gasteiger partial charge in [0.2, 0.25) is 0 Å². The van der Waals surface area contributed by atoms with Crippen LogP contribution < -0.4 is 4.57 Å². The molecule has 0 saturated heterocycles. The van der Waals surface area contributed by atoms with Gasteiger partial charge in [0.25, 0.3) is 5.71 Å². The number of nitrogens with zero attached hydrogens (tertiary/aromatic N) is 1. The van der Waals surface area contributed by atoms with Crippen LogP contribution in [0.1, 0.15) is 112 Å². The van der Waals surface area contributed by atoms with E-state index in [4.69, 9.17) is 4.42 Å². The van der Waals surface area contributed by atoms with Crippen molar-refractivity contribution in [2.75, 3.05) is 0 Å². The monoisotopic (exact) mass is 839 g/mol. The Hall–Kier alpha value is -3.27. The minimum Gasteiger partial charge on any atom is -0.512 e. The van der Waals surface area contributed by atoms with Crippen LogP contribution in [0.3, 0.4) is 0 Å². The van der Waals surface area contributed by atoms with E-state index in [0.717, 1.165) is 65.2 Å². The third-order valence-electron chi connectivity index (χ3n) is 9.51. The van der Waals surface area contributed by atoms with Crippen molar-refractivity contribution in [2.45, 2.75) is 114 Å². The number of aliphatic hydroxyl groups is 1. The average Bonchev–Trinajstić information content (AvgIpc) is 3.42. The molecule has 49 heavy (non-hydrogen) atoms. The number of carbonyl (C=O) groups excluding carboxylic acids is 1. The van der Waals surface area contributed by atoms with Gasteiger partial charge in [-0.1, -0.05) is 99.6 Å². The van der Waals surface area contributed by atoms with Crippen LogP contribution in [-0.4, -0.2) is 10.9 Å². The van der Waals surface area contributed by atoms with Crippen molar-refractivity contribution in [1.82, 2.24) is 0 Å². The zero-order chi connectivity index (χ0) is 35.4. The van der Waals surface area contributed by atoms with Gasteiger partial charge in [0.05, 0.1) is 11.4 Å². The number of aryl methyl sites for hydroxylation is 1. The maximum Gasteiger partial charge on any atom is 0.294 e. The van der Waals surface area contributed by atoms with E-state index in [1.807, 2.05) is 38.3 Å². The zero-order valence-electron chi connectivity index (χ0n) is 31.5. The van der Waals surface area contributed by atoms with E-state index in [1.54, 1.807) is 0 Å². The maximum absolute atomic E-state index is 11.7. The van der Waals surface area contributed by atoms with Gasteiger partial charge in [-0.05, 0) is 61.0 Å². The molecular formula is C44H56IrNO3-. The maximum atomic E-state index is 11.7. The number of hydrogen-bond donors (Lipinski definition) is 1. The van der Waals surface area contributed by atoms with Gasteiger partial charge < -0.3 is 9.52 Å². The predicted molar refractivity (Wildman–Crippen MR) is 201 cm³/mol. The van der Waals surface area contributed by atoms with E-state index in [1.165, 1.54) is 28.2 Å². The molecule has 0 aliphatic heterocycles. The van der Waals surface area contributed by atoms with E-state index in [9.17, 15) is 9.90 Å². The van der Waals surface area contributed by atoms with Gasteiger partial charge in [0.1, 0.15) is 5.58 Å². The number of pyridine rings is 1. The van der Waals surface area contributed by atoms with E-state index in [0.29, 0.717) is 0 Å². The number of fused-ring (bicyclic) bond motifs is 4. The summed E-state index contributed by atoms with van der Waals surface area (Å²) >= 11 is 0. The number of hydrogen-bond acceptors (Lipinski definition) is 3. The molecule has 0 saturated carbocycles. The molecule has 265 valence electrons. The molecule has 0 aliphatic rings. The molecule has 0 fully saturated rings. The van der Waals surface area contributed by atoms with Gasteiger partial charge in [-0.3, -0.25) is 9.36 Å². The van der Waals surface area contributed by atoms with Crippen LogP contribution in [-0.2, 0) is 36.7 Å². The molecule has 0 spiro atoms. The van der Waals surface area contributed by atoms with Crippen molar-refractivity contribution in [2.24, 2.45) is 17.3 Å². The van der Waals surface area contributed by atoms with Crippen LogP contribution in [0.5, 0.6) is 0 Å². The molecular weight excluding hydrogens is 783 g/mol. The van der Waals surface area contributed by atoms with E-state index >= 15 is 0 Å². The summed E-state index contributed by atoms with van der Waals surface area (Å²) in [6.07, 6.45) is 9.32. The molecule has 2 aromatic heterocycles. The molecule has 0 bridgehead atoms. The van der Waals surface area contributed by atoms with Crippen molar-refractivity contribution >= 4 is 38.6 Å². The number of allylic oxidation sites excluding steroid dienone is 2. The van der Waals surface area contributed by atoms with Gasteiger partial charge in [0.15, 0.2) is 12.0 Å². The summed E-state index contributed by atoms with van der Waals surface area (Å²) < 4.78 is 8.60. The van der Waals surface area contributed by atoms with Crippen LogP contribution in [0.2, 0.25) is 0 Å². The summed E-state index contributed by atoms with van der Waals surface area (Å²) in [5.41, 5.74) is 6.83. The predicted octanol–water partition coefficient (Wildman–Crippen LogP) is 11.7. The fourth-order valence-corrected chi connectivity index (χ4v) is 6.60. The van der Waals surface area contributed by atoms with Gasteiger partial charge in [-0.25, -0.2) is 0 Å². The zero-order valence-corrected chi connectivity index (χ0v) is 33.9. The Morgan fingerprint density at radius 1 is 0.878 bits per heavy atom. The number of ketones is 1. The van der Waals surface area contributed by atoms with Gasteiger partial charge in [0, 0.05) is 48.8 Å². The quantitative estimate of drug-likeness (QED) is 0.0696. The second kappa shape index (κ2) is 16.6. The number of carbonyl (C=O) groups is 1. The summed E-state index contributed by atoms with van der Waals surface area (Å²) in [7, 11) is 0. The molecule has 0 aliphatic carbocycles. The van der Waals surface area contributed by atoms with Crippen LogP contribution in [0, 0.1) is 36.4 Å². The van der Waals surface area contributed by atoms with Crippen molar-refractivity contribution in [3.05, 3.63) is 95.4 Å². The fraction of sp³-hybridized carbons (Fsp3) is 0.455. The second-order valence-corrected chi connectivity index (χ2v) is 15.4. The molecule has 0 atom stereocenters. The third kappa shape index (κ3) is 9.30. The first-order valence-electron chi connectivity index (χ1n) is 17.8. The van der Waals surface area contributed by atoms with Gasteiger partial charge in [-0.15, -0.1) is 46.7 Å². The van der Waals surface area contributed by atoms with Gasteiger partial charge in [-0.2, -0.15) is 0 Å². The van der Waals surface area contributed by atoms with Crippen LogP contribution in [0.15, 0.2) is 70.8 Å². The Morgan fingerprint density at radius 3 is 2.10 bits per heavy atom. The molecule has 3 aromatic carbocycles. The standard InChI is InChI=1S/C31H32NO.C13H24O2.Ir/c1-20-22(19-30(2,3)4)14-15-25-26-13-10-16-32(29(26)33-28(20)25)23-17-21-11-8-9-12-24(21)27(18-23)31(5,6)7;1-5-10(6-2)12(14)9-13(15)11(7-3)8-4;/h8-15,18H,19H2,1-7H3;9-11,14H,5-8H2,1-4H3;/q-1;;/b;12-9-;. The van der Waals surface area contributed by atoms with E-state index in [2.05, 4.69) is 109 Å². The Balaban J connectivity index is 0.000000347. The summed E-state index contributed by atoms with van der Waals surface area (Å²) in [5.74, 6) is 0.547. The molecule has 5 heteroatoms. The summed E-state index contributed by atoms with van der Waals surface area (Å²) in [5, 5.41) is 14.4. The molecule has 4 nitrogen and oxygen atoms in total. The molecule has 5 rings (SSSR count). The summed E-state index contributed by atoms with van der Waals surface area (Å²) in [4.78, 5) is 11.7. The number of aromatic nitrogens is 1. The van der Waals surface area contributed by atoms with E-state index < -0.39 is 0 Å². The first-order chi connectivity index (χ1) is 22.6. The van der Waals surface area contributed by atoms with Crippen molar-refractivity contribution in [3.8, 4) is 5.69 Å². The number of aliphatic hydroxyl groups excluding tert-OH is 1. The van der Waals surface area contributed by atoms with Crippen molar-refractivity contribution in [3.63, 3.8) is 0 Å². The van der Waals surface area contributed by atoms with Crippen molar-refractivity contribution in [1.29, 1.82) is 0 Å². The number of furan rings is 1. The minimum absolute atomic E-state index is 0. The molecule has 0 amide bonds. The molecule has 1 radical (unpaired) electrons. The number of benzene rings is 3. The molecule has 5 aromatic rings. The average molecular weight is 839 g/mol. The van der Waals surface area contributed by atoms with Crippen LogP contribution in [0.4, 0.5) is 0 Å². The Bertz CT molecular complexity index is 1910. The minimum atomic E-state index is 0. The normalized spacial score (nSPS) is 12.5. The fourth-order valence-electron chi connectivity index (χ4n) is 6.60. The summed E-state index contributed by atoms with van der Waals surface area (Å²) in [6, 6.07) is 22.9. The first-order valence-corrected chi connectivity index (χ1v) is 17.8. The first kappa shape index (κ1) is 40.2.